The van der Waals surface area contributed by atoms with Crippen LogP contribution in [0.3, 0.4) is 0 Å². The molecule has 6 nitrogen and oxygen atoms in total. The second-order valence-electron chi connectivity index (χ2n) is 9.06. The van der Waals surface area contributed by atoms with Crippen LogP contribution < -0.4 is 14.8 Å². The molecule has 192 valence electrons. The van der Waals surface area contributed by atoms with E-state index < -0.39 is 11.9 Å². The van der Waals surface area contributed by atoms with E-state index in [9.17, 15) is 14.4 Å². The number of unbranched alkanes of at least 4 members (excludes halogenated alkanes) is 12. The Morgan fingerprint density at radius 3 is 1.74 bits per heavy atom. The Balaban J connectivity index is 2.11. The van der Waals surface area contributed by atoms with E-state index in [1.54, 1.807) is 18.2 Å². The second kappa shape index (κ2) is 19.0. The molecule has 6 heteroatoms. The number of esters is 2. The van der Waals surface area contributed by atoms with Crippen LogP contribution in [-0.2, 0) is 20.8 Å². The van der Waals surface area contributed by atoms with E-state index in [2.05, 4.69) is 12.2 Å². The minimum Gasteiger partial charge on any atom is -0.423 e. The van der Waals surface area contributed by atoms with Gasteiger partial charge in [0.05, 0.1) is 0 Å². The molecule has 1 aromatic rings. The van der Waals surface area contributed by atoms with Gasteiger partial charge in [0.1, 0.15) is 0 Å². The number of hydrogen-bond donors (Lipinski definition) is 1. The van der Waals surface area contributed by atoms with Gasteiger partial charge in [0.15, 0.2) is 11.5 Å². The van der Waals surface area contributed by atoms with Crippen molar-refractivity contribution in [3.63, 3.8) is 0 Å². The quantitative estimate of drug-likeness (QED) is 0.137. The summed E-state index contributed by atoms with van der Waals surface area (Å²) in [5.41, 5.74) is 0.883. The van der Waals surface area contributed by atoms with Gasteiger partial charge in [-0.2, -0.15) is 0 Å². The molecule has 0 spiro atoms. The Kier molecular flexibility index (Phi) is 16.6. The van der Waals surface area contributed by atoms with E-state index in [0.717, 1.165) is 18.4 Å². The lowest BCUT2D eigenvalue weighted by Crippen LogP contribution is -2.25. The topological polar surface area (TPSA) is 81.7 Å². The van der Waals surface area contributed by atoms with E-state index in [1.165, 1.54) is 84.5 Å². The third-order valence-corrected chi connectivity index (χ3v) is 5.76. The Morgan fingerprint density at radius 1 is 0.706 bits per heavy atom. The maximum atomic E-state index is 12.1. The molecule has 0 aliphatic carbocycles. The number of carbonyl (C=O) groups is 3. The standard InChI is InChI=1S/C28H45NO5/c1-4-5-6-7-8-9-10-11-12-13-14-15-16-17-28(32)29-21-20-25-18-19-26(33-23(2)30)27(22-25)34-24(3)31/h18-19,22H,4-17,20-21H2,1-3H3,(H,29,32). The normalized spacial score (nSPS) is 10.7. The Bertz CT molecular complexity index is 732. The van der Waals surface area contributed by atoms with Gasteiger partial charge in [-0.15, -0.1) is 0 Å². The van der Waals surface area contributed by atoms with Crippen molar-refractivity contribution < 1.29 is 23.9 Å². The molecule has 1 amide bonds. The fraction of sp³-hybridized carbons (Fsp3) is 0.679. The molecule has 0 saturated carbocycles. The highest BCUT2D eigenvalue weighted by Gasteiger charge is 2.11. The van der Waals surface area contributed by atoms with Crippen LogP contribution in [0.15, 0.2) is 18.2 Å². The molecule has 1 rings (SSSR count). The van der Waals surface area contributed by atoms with E-state index in [0.29, 0.717) is 19.4 Å². The zero-order valence-electron chi connectivity index (χ0n) is 21.6. The van der Waals surface area contributed by atoms with Crippen molar-refractivity contribution in [3.8, 4) is 11.5 Å². The maximum absolute atomic E-state index is 12.1. The number of rotatable bonds is 19. The molecular formula is C28H45NO5. The number of carbonyl (C=O) groups excluding carboxylic acids is 3. The van der Waals surface area contributed by atoms with Gasteiger partial charge >= 0.3 is 11.9 Å². The number of hydrogen-bond acceptors (Lipinski definition) is 5. The summed E-state index contributed by atoms with van der Waals surface area (Å²) in [4.78, 5) is 34.6. The van der Waals surface area contributed by atoms with Crippen LogP contribution in [0.25, 0.3) is 0 Å². The van der Waals surface area contributed by atoms with Crippen LogP contribution in [0, 0.1) is 0 Å². The van der Waals surface area contributed by atoms with Crippen LogP contribution >= 0.6 is 0 Å². The van der Waals surface area contributed by atoms with Gasteiger partial charge < -0.3 is 14.8 Å². The first-order valence-corrected chi connectivity index (χ1v) is 13.2. The van der Waals surface area contributed by atoms with Gasteiger partial charge in [-0.25, -0.2) is 0 Å². The summed E-state index contributed by atoms with van der Waals surface area (Å²) in [7, 11) is 0. The maximum Gasteiger partial charge on any atom is 0.308 e. The molecule has 0 bridgehead atoms. The van der Waals surface area contributed by atoms with Gasteiger partial charge in [-0.1, -0.05) is 90.0 Å². The molecule has 0 heterocycles. The Labute approximate surface area is 206 Å². The van der Waals surface area contributed by atoms with Gasteiger partial charge in [0.2, 0.25) is 5.91 Å². The largest absolute Gasteiger partial charge is 0.423 e. The summed E-state index contributed by atoms with van der Waals surface area (Å²) < 4.78 is 10.2. The number of nitrogens with one attached hydrogen (secondary N) is 1. The SMILES string of the molecule is CCCCCCCCCCCCCCCC(=O)NCCc1ccc(OC(C)=O)c(OC(C)=O)c1. The van der Waals surface area contributed by atoms with Crippen molar-refractivity contribution in [2.24, 2.45) is 0 Å². The molecule has 0 unspecified atom stereocenters. The van der Waals surface area contributed by atoms with Gasteiger partial charge in [0, 0.05) is 26.8 Å². The molecule has 0 radical (unpaired) electrons. The van der Waals surface area contributed by atoms with Crippen LogP contribution in [0.5, 0.6) is 11.5 Å². The third-order valence-electron chi connectivity index (χ3n) is 5.76. The Morgan fingerprint density at radius 2 is 1.21 bits per heavy atom. The smallest absolute Gasteiger partial charge is 0.308 e. The minimum absolute atomic E-state index is 0.0693. The number of benzene rings is 1. The van der Waals surface area contributed by atoms with E-state index in [4.69, 9.17) is 9.47 Å². The molecule has 1 aromatic carbocycles. The molecule has 1 N–H and O–H groups in total. The molecule has 34 heavy (non-hydrogen) atoms. The van der Waals surface area contributed by atoms with Gasteiger partial charge in [-0.05, 0) is 30.5 Å². The molecule has 0 atom stereocenters. The summed E-state index contributed by atoms with van der Waals surface area (Å²) in [5, 5.41) is 2.95. The van der Waals surface area contributed by atoms with Crippen molar-refractivity contribution in [2.75, 3.05) is 6.54 Å². The van der Waals surface area contributed by atoms with Crippen molar-refractivity contribution in [1.29, 1.82) is 0 Å². The first kappa shape index (κ1) is 29.7. The molecule has 0 saturated heterocycles. The second-order valence-corrected chi connectivity index (χ2v) is 9.06. The average molecular weight is 476 g/mol. The Hall–Kier alpha value is -2.37. The zero-order chi connectivity index (χ0) is 25.0. The summed E-state index contributed by atoms with van der Waals surface area (Å²) >= 11 is 0. The number of amides is 1. The van der Waals surface area contributed by atoms with Crippen LogP contribution in [0.1, 0.15) is 116 Å². The monoisotopic (exact) mass is 475 g/mol. The predicted octanol–water partition coefficient (Wildman–Crippen LogP) is 6.68. The van der Waals surface area contributed by atoms with Crippen molar-refractivity contribution >= 4 is 17.8 Å². The third kappa shape index (κ3) is 15.5. The van der Waals surface area contributed by atoms with Crippen LogP contribution in [0.2, 0.25) is 0 Å². The van der Waals surface area contributed by atoms with Gasteiger partial charge in [0.25, 0.3) is 0 Å². The molecule has 0 aliphatic heterocycles. The highest BCUT2D eigenvalue weighted by atomic mass is 16.6. The minimum atomic E-state index is -0.489. The van der Waals surface area contributed by atoms with Gasteiger partial charge in [-0.3, -0.25) is 14.4 Å². The fourth-order valence-electron chi connectivity index (χ4n) is 3.92. The lowest BCUT2D eigenvalue weighted by Gasteiger charge is -2.11. The van der Waals surface area contributed by atoms with Crippen molar-refractivity contribution in [2.45, 2.75) is 117 Å². The number of ether oxygens (including phenoxy) is 2. The first-order chi connectivity index (χ1) is 16.4. The summed E-state index contributed by atoms with van der Waals surface area (Å²) in [5.74, 6) is -0.491. The lowest BCUT2D eigenvalue weighted by atomic mass is 10.0. The van der Waals surface area contributed by atoms with Crippen molar-refractivity contribution in [1.82, 2.24) is 5.32 Å². The summed E-state index contributed by atoms with van der Waals surface area (Å²) in [6.07, 6.45) is 17.9. The van der Waals surface area contributed by atoms with Crippen molar-refractivity contribution in [3.05, 3.63) is 23.8 Å². The van der Waals surface area contributed by atoms with Crippen LogP contribution in [-0.4, -0.2) is 24.4 Å². The lowest BCUT2D eigenvalue weighted by molar-refractivity contribution is -0.134. The van der Waals surface area contributed by atoms with Crippen LogP contribution in [0.4, 0.5) is 0 Å². The molecule has 0 aromatic heterocycles. The highest BCUT2D eigenvalue weighted by molar-refractivity contribution is 5.76. The predicted molar refractivity (Wildman–Crippen MR) is 136 cm³/mol. The summed E-state index contributed by atoms with van der Waals surface area (Å²) in [6.45, 7) is 5.34. The van der Waals surface area contributed by atoms with E-state index >= 15 is 0 Å². The molecule has 0 fully saturated rings. The fourth-order valence-corrected chi connectivity index (χ4v) is 3.92. The van der Waals surface area contributed by atoms with E-state index in [-0.39, 0.29) is 17.4 Å². The first-order valence-electron chi connectivity index (χ1n) is 13.2. The highest BCUT2D eigenvalue weighted by Crippen LogP contribution is 2.29. The average Bonchev–Trinajstić information content (AvgIpc) is 2.78. The summed E-state index contributed by atoms with van der Waals surface area (Å²) in [6, 6.07) is 5.06. The molecule has 0 aliphatic rings. The molecular weight excluding hydrogens is 430 g/mol. The zero-order valence-corrected chi connectivity index (χ0v) is 21.6. The van der Waals surface area contributed by atoms with E-state index in [1.807, 2.05) is 0 Å².